The Labute approximate surface area is 242 Å². The molecule has 43 heavy (non-hydrogen) atoms. The highest BCUT2D eigenvalue weighted by atomic mass is 19.4. The molecule has 3 N–H and O–H groups in total. The number of aryl methyl sites for hydroxylation is 4. The number of carbonyl (C=O) groups is 2. The molecule has 0 saturated carbocycles. The van der Waals surface area contributed by atoms with Crippen molar-refractivity contribution in [1.82, 2.24) is 19.7 Å². The van der Waals surface area contributed by atoms with Gasteiger partial charge in [-0.2, -0.15) is 18.3 Å². The minimum Gasteiger partial charge on any atom is -0.348 e. The van der Waals surface area contributed by atoms with E-state index in [9.17, 15) is 27.2 Å². The summed E-state index contributed by atoms with van der Waals surface area (Å²) >= 11 is 0. The molecule has 0 spiro atoms. The summed E-state index contributed by atoms with van der Waals surface area (Å²) in [6, 6.07) is 7.19. The predicted octanol–water partition coefficient (Wildman–Crippen LogP) is 6.75. The SMILES string of the molecule is CCCn1c2ccc(NC(=O)Nc3cccc(C(F)(F)F)c3F)cc2c2c3c(c4c(c21)CCc1nn(C)cc1-4)C(=O)NC3. The topological polar surface area (TPSA) is 93.0 Å². The van der Waals surface area contributed by atoms with E-state index in [2.05, 4.69) is 32.5 Å². The molecule has 3 aromatic carbocycles. The minimum absolute atomic E-state index is 0.141. The van der Waals surface area contributed by atoms with Gasteiger partial charge in [0.15, 0.2) is 5.82 Å². The number of alkyl halides is 3. The number of fused-ring (bicyclic) bond motifs is 10. The predicted molar refractivity (Wildman–Crippen MR) is 155 cm³/mol. The molecule has 1 aliphatic carbocycles. The van der Waals surface area contributed by atoms with Crippen molar-refractivity contribution in [2.45, 2.75) is 45.5 Å². The summed E-state index contributed by atoms with van der Waals surface area (Å²) in [6.07, 6.45) is -0.612. The Morgan fingerprint density at radius 1 is 1.09 bits per heavy atom. The summed E-state index contributed by atoms with van der Waals surface area (Å²) in [5, 5.41) is 14.2. The van der Waals surface area contributed by atoms with Gasteiger partial charge in [-0.25, -0.2) is 9.18 Å². The average molecular weight is 591 g/mol. The molecule has 1 aliphatic heterocycles. The third-order valence-corrected chi connectivity index (χ3v) is 8.20. The van der Waals surface area contributed by atoms with Crippen molar-refractivity contribution in [2.24, 2.45) is 7.05 Å². The number of amides is 3. The lowest BCUT2D eigenvalue weighted by Gasteiger charge is -2.21. The molecule has 0 unspecified atom stereocenters. The summed E-state index contributed by atoms with van der Waals surface area (Å²) in [5.41, 5.74) is 5.75. The van der Waals surface area contributed by atoms with E-state index >= 15 is 0 Å². The summed E-state index contributed by atoms with van der Waals surface area (Å²) < 4.78 is 58.0. The number of rotatable bonds is 4. The number of nitrogens with one attached hydrogen (secondary N) is 3. The van der Waals surface area contributed by atoms with E-state index in [4.69, 9.17) is 0 Å². The maximum Gasteiger partial charge on any atom is 0.419 e. The lowest BCUT2D eigenvalue weighted by atomic mass is 9.82. The normalized spacial score (nSPS) is 14.0. The van der Waals surface area contributed by atoms with Crippen molar-refractivity contribution in [1.29, 1.82) is 0 Å². The van der Waals surface area contributed by atoms with Gasteiger partial charge in [0, 0.05) is 59.4 Å². The first-order chi connectivity index (χ1) is 20.6. The maximum absolute atomic E-state index is 14.5. The lowest BCUT2D eigenvalue weighted by Crippen LogP contribution is -2.21. The van der Waals surface area contributed by atoms with Crippen LogP contribution in [-0.2, 0) is 39.2 Å². The third kappa shape index (κ3) is 4.15. The van der Waals surface area contributed by atoms with Crippen LogP contribution in [0.2, 0.25) is 0 Å². The van der Waals surface area contributed by atoms with Gasteiger partial charge >= 0.3 is 12.2 Å². The number of carbonyl (C=O) groups excluding carboxylic acids is 2. The quantitative estimate of drug-likeness (QED) is 0.202. The molecular formula is C31H26F4N6O2. The van der Waals surface area contributed by atoms with Crippen LogP contribution in [-0.4, -0.2) is 26.3 Å². The number of aromatic nitrogens is 3. The van der Waals surface area contributed by atoms with Crippen molar-refractivity contribution in [3.8, 4) is 11.1 Å². The Morgan fingerprint density at radius 3 is 2.67 bits per heavy atom. The molecule has 2 aromatic heterocycles. The van der Waals surface area contributed by atoms with Gasteiger partial charge in [0.25, 0.3) is 5.91 Å². The molecule has 0 saturated heterocycles. The number of benzene rings is 3. The van der Waals surface area contributed by atoms with Gasteiger partial charge in [0.05, 0.1) is 28.0 Å². The zero-order valence-corrected chi connectivity index (χ0v) is 23.2. The van der Waals surface area contributed by atoms with E-state index in [1.807, 2.05) is 19.3 Å². The number of nitrogens with zero attached hydrogens (tertiary/aromatic N) is 3. The standard InChI is InChI=1S/C31H26F4N6O2/c1-3-11-41-23-10-7-15(37-30(43)38-22-6-4-5-20(27(22)32)31(33,34)35)12-17(23)25-18-13-36-29(42)26(18)24-16(28(25)41)8-9-21-19(24)14-40(2)39-21/h4-7,10,12,14H,3,8-9,11,13H2,1-2H3,(H,36,42)(H2,37,38,43). The van der Waals surface area contributed by atoms with Gasteiger partial charge < -0.3 is 20.5 Å². The Balaban J connectivity index is 1.36. The molecular weight excluding hydrogens is 564 g/mol. The Bertz CT molecular complexity index is 2010. The Morgan fingerprint density at radius 2 is 1.91 bits per heavy atom. The van der Waals surface area contributed by atoms with Gasteiger partial charge in [0.1, 0.15) is 0 Å². The molecule has 3 heterocycles. The fourth-order valence-corrected chi connectivity index (χ4v) is 6.58. The second-order valence-corrected chi connectivity index (χ2v) is 10.9. The van der Waals surface area contributed by atoms with Crippen LogP contribution in [0, 0.1) is 5.82 Å². The van der Waals surface area contributed by atoms with Crippen molar-refractivity contribution in [3.05, 3.63) is 76.4 Å². The van der Waals surface area contributed by atoms with E-state index < -0.39 is 29.3 Å². The zero-order chi connectivity index (χ0) is 30.2. The first-order valence-electron chi connectivity index (χ1n) is 13.9. The van der Waals surface area contributed by atoms with Crippen molar-refractivity contribution >= 4 is 45.1 Å². The van der Waals surface area contributed by atoms with Crippen LogP contribution >= 0.6 is 0 Å². The fourth-order valence-electron chi connectivity index (χ4n) is 6.58. The average Bonchev–Trinajstić information content (AvgIpc) is 3.62. The largest absolute Gasteiger partial charge is 0.419 e. The highest BCUT2D eigenvalue weighted by Crippen LogP contribution is 2.47. The van der Waals surface area contributed by atoms with Gasteiger partial charge in [-0.15, -0.1) is 0 Å². The molecule has 7 rings (SSSR count). The number of anilines is 2. The first-order valence-corrected chi connectivity index (χ1v) is 13.9. The van der Waals surface area contributed by atoms with Crippen molar-refractivity contribution < 1.29 is 27.2 Å². The van der Waals surface area contributed by atoms with Crippen LogP contribution in [0.4, 0.5) is 33.7 Å². The smallest absolute Gasteiger partial charge is 0.348 e. The number of halogens is 4. The lowest BCUT2D eigenvalue weighted by molar-refractivity contribution is -0.139. The van der Waals surface area contributed by atoms with Gasteiger partial charge in [-0.05, 0) is 60.7 Å². The van der Waals surface area contributed by atoms with Crippen LogP contribution < -0.4 is 16.0 Å². The third-order valence-electron chi connectivity index (χ3n) is 8.20. The van der Waals surface area contributed by atoms with Crippen LogP contribution in [0.25, 0.3) is 32.9 Å². The van der Waals surface area contributed by atoms with Crippen LogP contribution in [0.5, 0.6) is 0 Å². The number of hydrogen-bond acceptors (Lipinski definition) is 3. The Hall–Kier alpha value is -4.87. The van der Waals surface area contributed by atoms with Crippen molar-refractivity contribution in [3.63, 3.8) is 0 Å². The van der Waals surface area contributed by atoms with Gasteiger partial charge in [0.2, 0.25) is 0 Å². The van der Waals surface area contributed by atoms with Crippen LogP contribution in [0.15, 0.2) is 42.6 Å². The fraction of sp³-hybridized carbons (Fsp3) is 0.258. The highest BCUT2D eigenvalue weighted by Gasteiger charge is 2.36. The minimum atomic E-state index is -4.90. The van der Waals surface area contributed by atoms with Crippen LogP contribution in [0.1, 0.15) is 46.1 Å². The second-order valence-electron chi connectivity index (χ2n) is 10.9. The molecule has 220 valence electrons. The van der Waals surface area contributed by atoms with E-state index in [1.54, 1.807) is 16.8 Å². The van der Waals surface area contributed by atoms with E-state index in [1.165, 1.54) is 0 Å². The highest BCUT2D eigenvalue weighted by molar-refractivity contribution is 6.20. The summed E-state index contributed by atoms with van der Waals surface area (Å²) in [4.78, 5) is 26.1. The molecule has 2 aliphatic rings. The molecule has 0 radical (unpaired) electrons. The van der Waals surface area contributed by atoms with Gasteiger partial charge in [-0.3, -0.25) is 9.48 Å². The summed E-state index contributed by atoms with van der Waals surface area (Å²) in [6.45, 7) is 3.18. The molecule has 3 amide bonds. The monoisotopic (exact) mass is 590 g/mol. The molecule has 0 bridgehead atoms. The number of urea groups is 1. The molecule has 0 atom stereocenters. The number of hydrogen-bond donors (Lipinski definition) is 3. The van der Waals surface area contributed by atoms with Crippen LogP contribution in [0.3, 0.4) is 0 Å². The molecule has 8 nitrogen and oxygen atoms in total. The zero-order valence-electron chi connectivity index (χ0n) is 23.2. The Kier molecular flexibility index (Phi) is 6.01. The molecule has 0 fully saturated rings. The van der Waals surface area contributed by atoms with Crippen molar-refractivity contribution in [2.75, 3.05) is 10.6 Å². The molecule has 12 heteroatoms. The first kappa shape index (κ1) is 27.0. The maximum atomic E-state index is 14.5. The molecule has 5 aromatic rings. The van der Waals surface area contributed by atoms with E-state index in [0.29, 0.717) is 30.3 Å². The van der Waals surface area contributed by atoms with E-state index in [-0.39, 0.29) is 5.91 Å². The van der Waals surface area contributed by atoms with Gasteiger partial charge in [-0.1, -0.05) is 13.0 Å². The van der Waals surface area contributed by atoms with E-state index in [0.717, 1.165) is 81.3 Å². The summed E-state index contributed by atoms with van der Waals surface area (Å²) in [7, 11) is 1.87. The second kappa shape index (κ2) is 9.58. The summed E-state index contributed by atoms with van der Waals surface area (Å²) in [5.74, 6) is -1.70.